The van der Waals surface area contributed by atoms with Crippen LogP contribution < -0.4 is 10.1 Å². The molecule has 0 aliphatic rings. The first-order valence-corrected chi connectivity index (χ1v) is 5.76. The monoisotopic (exact) mass is 261 g/mol. The number of alkyl halides is 3. The summed E-state index contributed by atoms with van der Waals surface area (Å²) in [5.74, 6) is 0.613. The van der Waals surface area contributed by atoms with Crippen LogP contribution in [-0.4, -0.2) is 20.3 Å². The van der Waals surface area contributed by atoms with Gasteiger partial charge in [0.1, 0.15) is 5.75 Å². The lowest BCUT2D eigenvalue weighted by Gasteiger charge is -2.20. The minimum Gasteiger partial charge on any atom is -0.496 e. The van der Waals surface area contributed by atoms with Crippen LogP contribution in [0.25, 0.3) is 0 Å². The Hall–Kier alpha value is -1.23. The topological polar surface area (TPSA) is 21.3 Å². The first-order chi connectivity index (χ1) is 8.37. The molecule has 1 rings (SSSR count). The minimum atomic E-state index is -4.13. The molecule has 0 aromatic heterocycles. The van der Waals surface area contributed by atoms with Crippen molar-refractivity contribution in [2.24, 2.45) is 0 Å². The molecule has 1 aromatic rings. The summed E-state index contributed by atoms with van der Waals surface area (Å²) in [6.45, 7) is 1.90. The predicted molar refractivity (Wildman–Crippen MR) is 64.8 cm³/mol. The number of methoxy groups -OCH3 is 1. The third kappa shape index (κ3) is 4.22. The Kier molecular flexibility index (Phi) is 5.02. The van der Waals surface area contributed by atoms with E-state index in [1.54, 1.807) is 13.1 Å². The molecule has 102 valence electrons. The summed E-state index contributed by atoms with van der Waals surface area (Å²) in [4.78, 5) is 0. The van der Waals surface area contributed by atoms with Crippen molar-refractivity contribution < 1.29 is 17.9 Å². The van der Waals surface area contributed by atoms with Gasteiger partial charge in [-0.25, -0.2) is 0 Å². The maximum absolute atomic E-state index is 12.3. The smallest absolute Gasteiger partial charge is 0.389 e. The van der Waals surface area contributed by atoms with Crippen molar-refractivity contribution in [2.45, 2.75) is 32.0 Å². The molecule has 0 saturated carbocycles. The fourth-order valence-corrected chi connectivity index (χ4v) is 1.89. The molecular weight excluding hydrogens is 243 g/mol. The quantitative estimate of drug-likeness (QED) is 0.874. The highest BCUT2D eigenvalue weighted by Gasteiger charge is 2.29. The van der Waals surface area contributed by atoms with Crippen molar-refractivity contribution in [3.8, 4) is 5.75 Å². The molecule has 2 nitrogen and oxygen atoms in total. The SMILES string of the molecule is CNC(CCC(F)(F)F)c1cc(C)ccc1OC. The van der Waals surface area contributed by atoms with Crippen molar-refractivity contribution in [1.29, 1.82) is 0 Å². The lowest BCUT2D eigenvalue weighted by molar-refractivity contribution is -0.136. The summed E-state index contributed by atoms with van der Waals surface area (Å²) in [5.41, 5.74) is 1.77. The van der Waals surface area contributed by atoms with E-state index in [9.17, 15) is 13.2 Å². The maximum Gasteiger partial charge on any atom is 0.389 e. The molecule has 0 fully saturated rings. The molecule has 0 radical (unpaired) electrons. The molecule has 18 heavy (non-hydrogen) atoms. The van der Waals surface area contributed by atoms with Crippen molar-refractivity contribution >= 4 is 0 Å². The van der Waals surface area contributed by atoms with E-state index in [4.69, 9.17) is 4.74 Å². The van der Waals surface area contributed by atoms with Gasteiger partial charge in [0.25, 0.3) is 0 Å². The Balaban J connectivity index is 2.90. The van der Waals surface area contributed by atoms with E-state index in [0.717, 1.165) is 11.1 Å². The Bertz CT molecular complexity index is 390. The van der Waals surface area contributed by atoms with E-state index in [1.165, 1.54) is 7.11 Å². The highest BCUT2D eigenvalue weighted by Crippen LogP contribution is 2.32. The molecule has 1 aromatic carbocycles. The largest absolute Gasteiger partial charge is 0.496 e. The van der Waals surface area contributed by atoms with E-state index in [2.05, 4.69) is 5.32 Å². The lowest BCUT2D eigenvalue weighted by Crippen LogP contribution is -2.20. The molecular formula is C13H18F3NO. The first kappa shape index (κ1) is 14.8. The highest BCUT2D eigenvalue weighted by atomic mass is 19.4. The number of rotatable bonds is 5. The number of nitrogens with one attached hydrogen (secondary N) is 1. The van der Waals surface area contributed by atoms with Crippen molar-refractivity contribution in [3.63, 3.8) is 0 Å². The van der Waals surface area contributed by atoms with Gasteiger partial charge in [-0.3, -0.25) is 0 Å². The van der Waals surface area contributed by atoms with Crippen molar-refractivity contribution in [1.82, 2.24) is 5.32 Å². The molecule has 0 heterocycles. The first-order valence-electron chi connectivity index (χ1n) is 5.76. The second kappa shape index (κ2) is 6.09. The molecule has 0 aliphatic carbocycles. The third-order valence-corrected chi connectivity index (χ3v) is 2.83. The van der Waals surface area contributed by atoms with Crippen LogP contribution in [0.15, 0.2) is 18.2 Å². The number of hydrogen-bond acceptors (Lipinski definition) is 2. The fourth-order valence-electron chi connectivity index (χ4n) is 1.89. The molecule has 0 spiro atoms. The van der Waals surface area contributed by atoms with Gasteiger partial charge in [0, 0.05) is 18.0 Å². The maximum atomic E-state index is 12.3. The fraction of sp³-hybridized carbons (Fsp3) is 0.538. The Morgan fingerprint density at radius 2 is 2.00 bits per heavy atom. The number of benzene rings is 1. The van der Waals surface area contributed by atoms with Crippen LogP contribution in [0.1, 0.15) is 30.0 Å². The minimum absolute atomic E-state index is 0.000185. The van der Waals surface area contributed by atoms with Gasteiger partial charge in [0.05, 0.1) is 7.11 Å². The Labute approximate surface area is 105 Å². The zero-order chi connectivity index (χ0) is 13.8. The molecule has 1 N–H and O–H groups in total. The number of hydrogen-bond donors (Lipinski definition) is 1. The van der Waals surface area contributed by atoms with Crippen LogP contribution in [-0.2, 0) is 0 Å². The Morgan fingerprint density at radius 3 is 2.50 bits per heavy atom. The number of ether oxygens (including phenoxy) is 1. The van der Waals surface area contributed by atoms with Crippen LogP contribution in [0.5, 0.6) is 5.75 Å². The average molecular weight is 261 g/mol. The van der Waals surface area contributed by atoms with Crippen molar-refractivity contribution in [3.05, 3.63) is 29.3 Å². The number of halogens is 3. The van der Waals surface area contributed by atoms with Gasteiger partial charge in [0.2, 0.25) is 0 Å². The number of aryl methyl sites for hydroxylation is 1. The van der Waals surface area contributed by atoms with Crippen LogP contribution in [0.3, 0.4) is 0 Å². The van der Waals surface area contributed by atoms with Gasteiger partial charge in [-0.15, -0.1) is 0 Å². The summed E-state index contributed by atoms with van der Waals surface area (Å²) in [5, 5.41) is 2.91. The van der Waals surface area contributed by atoms with E-state index in [0.29, 0.717) is 5.75 Å². The summed E-state index contributed by atoms with van der Waals surface area (Å²) in [7, 11) is 3.17. The second-order valence-electron chi connectivity index (χ2n) is 4.24. The molecule has 1 unspecified atom stereocenters. The standard InChI is InChI=1S/C13H18F3NO/c1-9-4-5-12(18-3)10(8-9)11(17-2)6-7-13(14,15)16/h4-5,8,11,17H,6-7H2,1-3H3. The van der Waals surface area contributed by atoms with Gasteiger partial charge >= 0.3 is 6.18 Å². The average Bonchev–Trinajstić information content (AvgIpc) is 2.28. The highest BCUT2D eigenvalue weighted by molar-refractivity contribution is 5.39. The summed E-state index contributed by atoms with van der Waals surface area (Å²) < 4.78 is 42.0. The molecule has 5 heteroatoms. The van der Waals surface area contributed by atoms with Crippen molar-refractivity contribution in [2.75, 3.05) is 14.2 Å². The molecule has 1 atom stereocenters. The van der Waals surface area contributed by atoms with E-state index in [-0.39, 0.29) is 12.5 Å². The van der Waals surface area contributed by atoms with Gasteiger partial charge in [-0.1, -0.05) is 17.7 Å². The van der Waals surface area contributed by atoms with Gasteiger partial charge in [-0.2, -0.15) is 13.2 Å². The molecule has 0 aliphatic heterocycles. The predicted octanol–water partition coefficient (Wildman–Crippen LogP) is 3.61. The van der Waals surface area contributed by atoms with Crippen LogP contribution in [0.2, 0.25) is 0 Å². The van der Waals surface area contributed by atoms with E-state index in [1.807, 2.05) is 19.1 Å². The van der Waals surface area contributed by atoms with Crippen LogP contribution >= 0.6 is 0 Å². The van der Waals surface area contributed by atoms with E-state index < -0.39 is 12.6 Å². The zero-order valence-electron chi connectivity index (χ0n) is 10.8. The summed E-state index contributed by atoms with van der Waals surface area (Å²) in [6, 6.07) is 5.15. The molecule has 0 bridgehead atoms. The van der Waals surface area contributed by atoms with E-state index >= 15 is 0 Å². The Morgan fingerprint density at radius 1 is 1.33 bits per heavy atom. The van der Waals surface area contributed by atoms with Crippen LogP contribution in [0, 0.1) is 6.92 Å². The van der Waals surface area contributed by atoms with Crippen LogP contribution in [0.4, 0.5) is 13.2 Å². The summed E-state index contributed by atoms with van der Waals surface area (Å²) in [6.07, 6.45) is -4.94. The molecule has 0 amide bonds. The summed E-state index contributed by atoms with van der Waals surface area (Å²) >= 11 is 0. The van der Waals surface area contributed by atoms with Gasteiger partial charge < -0.3 is 10.1 Å². The lowest BCUT2D eigenvalue weighted by atomic mass is 9.99. The normalized spacial score (nSPS) is 13.4. The second-order valence-corrected chi connectivity index (χ2v) is 4.24. The van der Waals surface area contributed by atoms with Gasteiger partial charge in [-0.05, 0) is 26.5 Å². The van der Waals surface area contributed by atoms with Gasteiger partial charge in [0.15, 0.2) is 0 Å². The third-order valence-electron chi connectivity index (χ3n) is 2.83. The zero-order valence-corrected chi connectivity index (χ0v) is 10.8. The molecule has 0 saturated heterocycles.